The molecule has 1 aromatic carbocycles. The summed E-state index contributed by atoms with van der Waals surface area (Å²) in [7, 11) is 1.63. The number of aliphatic carboxylic acids is 1. The van der Waals surface area contributed by atoms with Gasteiger partial charge in [0.25, 0.3) is 0 Å². The Labute approximate surface area is 110 Å². The molecule has 0 aliphatic carbocycles. The topological polar surface area (TPSA) is 63.5 Å². The summed E-state index contributed by atoms with van der Waals surface area (Å²) in [6.07, 6.45) is 0.478. The van der Waals surface area contributed by atoms with Crippen molar-refractivity contribution in [2.75, 3.05) is 7.11 Å². The van der Waals surface area contributed by atoms with Gasteiger partial charge in [0, 0.05) is 17.8 Å². The van der Waals surface area contributed by atoms with Gasteiger partial charge in [0.05, 0.1) is 11.2 Å². The molecule has 3 rings (SSSR count). The quantitative estimate of drug-likeness (QED) is 0.855. The molecule has 0 spiro atoms. The van der Waals surface area contributed by atoms with Gasteiger partial charge in [0.1, 0.15) is 13.2 Å². The van der Waals surface area contributed by atoms with Crippen molar-refractivity contribution in [2.45, 2.75) is 25.4 Å². The third-order valence-corrected chi connectivity index (χ3v) is 3.73. The number of aromatic nitrogens is 1. The molecule has 5 nitrogen and oxygen atoms in total. The number of nitrogens with one attached hydrogen (secondary N) is 1. The van der Waals surface area contributed by atoms with Crippen LogP contribution in [0.15, 0.2) is 24.3 Å². The molecule has 2 N–H and O–H groups in total. The Balaban J connectivity index is 2.25. The number of hydrogen-bond donors (Lipinski definition) is 2. The predicted octanol–water partition coefficient (Wildman–Crippen LogP) is 1.36. The summed E-state index contributed by atoms with van der Waals surface area (Å²) in [5.41, 5.74) is 3.06. The summed E-state index contributed by atoms with van der Waals surface area (Å²) >= 11 is 0. The van der Waals surface area contributed by atoms with Crippen molar-refractivity contribution in [2.24, 2.45) is 0 Å². The maximum absolute atomic E-state index is 11.2. The van der Waals surface area contributed by atoms with E-state index in [0.717, 1.165) is 22.2 Å². The summed E-state index contributed by atoms with van der Waals surface area (Å²) in [6.45, 7) is 1.96. The second-order valence-corrected chi connectivity index (χ2v) is 4.84. The summed E-state index contributed by atoms with van der Waals surface area (Å²) in [5, 5.41) is 13.4. The second-order valence-electron chi connectivity index (χ2n) is 4.84. The van der Waals surface area contributed by atoms with E-state index < -0.39 is 12.0 Å². The first-order chi connectivity index (χ1) is 9.13. The van der Waals surface area contributed by atoms with Gasteiger partial charge in [-0.1, -0.05) is 18.2 Å². The molecule has 0 radical (unpaired) electrons. The van der Waals surface area contributed by atoms with Crippen LogP contribution in [0.1, 0.15) is 24.2 Å². The monoisotopic (exact) mass is 260 g/mol. The molecule has 2 atom stereocenters. The van der Waals surface area contributed by atoms with Crippen LogP contribution in [-0.4, -0.2) is 29.0 Å². The number of carbonyl (C=O) groups is 1. The van der Waals surface area contributed by atoms with E-state index in [2.05, 4.69) is 5.32 Å². The molecule has 100 valence electrons. The Hall–Kier alpha value is -2.01. The fourth-order valence-electron chi connectivity index (χ4n) is 2.95. The maximum atomic E-state index is 11.2. The highest BCUT2D eigenvalue weighted by Gasteiger charge is 2.33. The molecular formula is C14H16N2O3. The number of carboxylic acids is 1. The van der Waals surface area contributed by atoms with Crippen molar-refractivity contribution in [3.63, 3.8) is 0 Å². The number of rotatable bonds is 2. The molecule has 1 aliphatic rings. The van der Waals surface area contributed by atoms with Crippen molar-refractivity contribution in [3.05, 3.63) is 35.5 Å². The fourth-order valence-corrected chi connectivity index (χ4v) is 2.95. The van der Waals surface area contributed by atoms with Crippen LogP contribution in [0.4, 0.5) is 0 Å². The number of hydrogen-bond acceptors (Lipinski definition) is 3. The van der Waals surface area contributed by atoms with E-state index in [9.17, 15) is 9.90 Å². The van der Waals surface area contributed by atoms with Crippen LogP contribution in [-0.2, 0) is 11.2 Å². The third-order valence-electron chi connectivity index (χ3n) is 3.73. The Morgan fingerprint density at radius 2 is 2.21 bits per heavy atom. The first-order valence-electron chi connectivity index (χ1n) is 6.29. The highest BCUT2D eigenvalue weighted by atomic mass is 16.6. The summed E-state index contributed by atoms with van der Waals surface area (Å²) in [5.74, 6) is -0.813. The molecule has 2 unspecified atom stereocenters. The molecule has 0 amide bonds. The van der Waals surface area contributed by atoms with Crippen LogP contribution in [0.3, 0.4) is 0 Å². The van der Waals surface area contributed by atoms with Gasteiger partial charge in [-0.3, -0.25) is 10.1 Å². The smallest absolute Gasteiger partial charge is 0.321 e. The summed E-state index contributed by atoms with van der Waals surface area (Å²) in [6, 6.07) is 7.32. The lowest BCUT2D eigenvalue weighted by Crippen LogP contribution is -2.44. The number of fused-ring (bicyclic) bond motifs is 3. The molecule has 0 bridgehead atoms. The number of carboxylic acid groups (broad SMARTS) is 1. The lowest BCUT2D eigenvalue weighted by molar-refractivity contribution is -0.139. The van der Waals surface area contributed by atoms with E-state index in [1.54, 1.807) is 11.8 Å². The number of para-hydroxylation sites is 1. The third kappa shape index (κ3) is 1.69. The molecular weight excluding hydrogens is 244 g/mol. The van der Waals surface area contributed by atoms with Crippen molar-refractivity contribution in [1.82, 2.24) is 10.0 Å². The van der Waals surface area contributed by atoms with Gasteiger partial charge in [-0.2, -0.15) is 4.73 Å². The molecule has 0 saturated carbocycles. The Kier molecular flexibility index (Phi) is 2.71. The number of benzene rings is 1. The first kappa shape index (κ1) is 12.0. The molecule has 0 fully saturated rings. The van der Waals surface area contributed by atoms with Gasteiger partial charge >= 0.3 is 5.97 Å². The molecule has 1 aliphatic heterocycles. The van der Waals surface area contributed by atoms with E-state index in [-0.39, 0.29) is 6.04 Å². The Morgan fingerprint density at radius 1 is 1.47 bits per heavy atom. The van der Waals surface area contributed by atoms with Gasteiger partial charge in [-0.05, 0) is 18.6 Å². The van der Waals surface area contributed by atoms with Gasteiger partial charge < -0.3 is 9.94 Å². The maximum Gasteiger partial charge on any atom is 0.321 e. The number of nitrogens with zero attached hydrogens (tertiary/aromatic N) is 1. The fraction of sp³-hybridized carbons (Fsp3) is 0.357. The van der Waals surface area contributed by atoms with Gasteiger partial charge in [0.2, 0.25) is 0 Å². The molecule has 2 heterocycles. The lowest BCUT2D eigenvalue weighted by atomic mass is 9.95. The van der Waals surface area contributed by atoms with Gasteiger partial charge in [-0.25, -0.2) is 0 Å². The van der Waals surface area contributed by atoms with Crippen LogP contribution in [0.25, 0.3) is 10.9 Å². The second kappa shape index (κ2) is 4.28. The average Bonchev–Trinajstić information content (AvgIpc) is 2.73. The van der Waals surface area contributed by atoms with Gasteiger partial charge in [-0.15, -0.1) is 0 Å². The standard InChI is InChI=1S/C14H16N2O3/c1-8-13-10(7-11(15-8)14(17)18)9-5-3-4-6-12(9)16(13)19-2/h3-6,8,11,15H,7H2,1-2H3,(H,17,18). The van der Waals surface area contributed by atoms with E-state index in [4.69, 9.17) is 4.84 Å². The minimum atomic E-state index is -0.813. The van der Waals surface area contributed by atoms with Crippen molar-refractivity contribution in [3.8, 4) is 0 Å². The molecule has 5 heteroatoms. The predicted molar refractivity (Wildman–Crippen MR) is 71.1 cm³/mol. The lowest BCUT2D eigenvalue weighted by Gasteiger charge is -2.27. The van der Waals surface area contributed by atoms with Crippen LogP contribution in [0.5, 0.6) is 0 Å². The van der Waals surface area contributed by atoms with Crippen LogP contribution < -0.4 is 10.2 Å². The first-order valence-corrected chi connectivity index (χ1v) is 6.29. The van der Waals surface area contributed by atoms with Crippen LogP contribution in [0, 0.1) is 0 Å². The van der Waals surface area contributed by atoms with Crippen molar-refractivity contribution >= 4 is 16.9 Å². The van der Waals surface area contributed by atoms with E-state index in [1.165, 1.54) is 0 Å². The molecule has 0 saturated heterocycles. The Morgan fingerprint density at radius 3 is 2.89 bits per heavy atom. The zero-order valence-corrected chi connectivity index (χ0v) is 10.9. The highest BCUT2D eigenvalue weighted by molar-refractivity contribution is 5.87. The SMILES string of the molecule is COn1c2c(c3ccccc31)CC(C(=O)O)NC2C. The van der Waals surface area contributed by atoms with E-state index in [1.807, 2.05) is 31.2 Å². The largest absolute Gasteiger partial charge is 0.480 e. The van der Waals surface area contributed by atoms with Crippen LogP contribution >= 0.6 is 0 Å². The van der Waals surface area contributed by atoms with Crippen LogP contribution in [0.2, 0.25) is 0 Å². The highest BCUT2D eigenvalue weighted by Crippen LogP contribution is 2.33. The minimum absolute atomic E-state index is 0.0581. The van der Waals surface area contributed by atoms with E-state index in [0.29, 0.717) is 6.42 Å². The minimum Gasteiger partial charge on any atom is -0.480 e. The van der Waals surface area contributed by atoms with Crippen molar-refractivity contribution in [1.29, 1.82) is 0 Å². The average molecular weight is 260 g/mol. The van der Waals surface area contributed by atoms with E-state index >= 15 is 0 Å². The summed E-state index contributed by atoms with van der Waals surface area (Å²) < 4.78 is 1.79. The Bertz CT molecular complexity index is 647. The van der Waals surface area contributed by atoms with Crippen molar-refractivity contribution < 1.29 is 14.7 Å². The summed E-state index contributed by atoms with van der Waals surface area (Å²) in [4.78, 5) is 16.7. The zero-order chi connectivity index (χ0) is 13.6. The van der Waals surface area contributed by atoms with Gasteiger partial charge in [0.15, 0.2) is 0 Å². The zero-order valence-electron chi connectivity index (χ0n) is 10.9. The molecule has 1 aromatic heterocycles. The normalized spacial score (nSPS) is 22.2. The molecule has 19 heavy (non-hydrogen) atoms. The molecule has 2 aromatic rings.